The van der Waals surface area contributed by atoms with Crippen LogP contribution in [0.4, 0.5) is 4.39 Å². The quantitative estimate of drug-likeness (QED) is 0.403. The van der Waals surface area contributed by atoms with Crippen LogP contribution in [0.1, 0.15) is 22.8 Å². The summed E-state index contributed by atoms with van der Waals surface area (Å²) < 4.78 is 25.3. The average molecular weight is 495 g/mol. The molecule has 3 aromatic rings. The van der Waals surface area contributed by atoms with E-state index in [9.17, 15) is 9.50 Å². The molecule has 4 nitrogen and oxygen atoms in total. The third-order valence-corrected chi connectivity index (χ3v) is 5.66. The van der Waals surface area contributed by atoms with E-state index >= 15 is 0 Å². The minimum atomic E-state index is -0.588. The first-order valence-corrected chi connectivity index (χ1v) is 10.5. The molecule has 0 heterocycles. The van der Waals surface area contributed by atoms with E-state index in [1.165, 1.54) is 12.1 Å². The number of methoxy groups -OCH3 is 1. The van der Waals surface area contributed by atoms with Crippen LogP contribution in [0, 0.1) is 5.82 Å². The highest BCUT2D eigenvalue weighted by molar-refractivity contribution is 9.10. The molecule has 158 valence electrons. The number of hydrogen-bond donors (Lipinski definition) is 2. The van der Waals surface area contributed by atoms with Crippen molar-refractivity contribution in [1.29, 1.82) is 0 Å². The smallest absolute Gasteiger partial charge is 0.162 e. The van der Waals surface area contributed by atoms with E-state index in [2.05, 4.69) is 21.2 Å². The molecular formula is C23H22BrClFNO3. The Morgan fingerprint density at radius 3 is 2.53 bits per heavy atom. The van der Waals surface area contributed by atoms with Gasteiger partial charge in [-0.2, -0.15) is 0 Å². The standard InChI is InChI=1S/C23H22BrClFNO3/c1-29-22-9-17(12-27-13-21(28)15-5-3-2-4-6-15)19(24)11-23(22)30-14-16-7-8-18(26)10-20(16)25/h2-11,21,27-28H,12-14H2,1H3. The molecule has 0 saturated carbocycles. The Bertz CT molecular complexity index is 988. The third-order valence-electron chi connectivity index (χ3n) is 4.57. The Kier molecular flexibility index (Phi) is 8.10. The van der Waals surface area contributed by atoms with Crippen molar-refractivity contribution in [2.45, 2.75) is 19.3 Å². The zero-order valence-electron chi connectivity index (χ0n) is 16.4. The predicted octanol–water partition coefficient (Wildman–Crippen LogP) is 5.65. The molecule has 1 atom stereocenters. The molecular weight excluding hydrogens is 473 g/mol. The van der Waals surface area contributed by atoms with Gasteiger partial charge in [-0.15, -0.1) is 0 Å². The van der Waals surface area contributed by atoms with Crippen molar-refractivity contribution in [1.82, 2.24) is 5.32 Å². The fraction of sp³-hybridized carbons (Fsp3) is 0.217. The summed E-state index contributed by atoms with van der Waals surface area (Å²) in [5.41, 5.74) is 2.50. The van der Waals surface area contributed by atoms with Crippen molar-refractivity contribution >= 4 is 27.5 Å². The molecule has 0 spiro atoms. The summed E-state index contributed by atoms with van der Waals surface area (Å²) in [7, 11) is 1.57. The van der Waals surface area contributed by atoms with E-state index in [4.69, 9.17) is 21.1 Å². The molecule has 7 heteroatoms. The average Bonchev–Trinajstić information content (AvgIpc) is 2.75. The van der Waals surface area contributed by atoms with Crippen LogP contribution in [-0.4, -0.2) is 18.8 Å². The molecule has 0 saturated heterocycles. The van der Waals surface area contributed by atoms with Gasteiger partial charge in [0, 0.05) is 23.1 Å². The first-order chi connectivity index (χ1) is 14.5. The molecule has 0 fully saturated rings. The summed E-state index contributed by atoms with van der Waals surface area (Å²) in [5, 5.41) is 13.8. The van der Waals surface area contributed by atoms with Gasteiger partial charge in [-0.3, -0.25) is 0 Å². The van der Waals surface area contributed by atoms with Gasteiger partial charge < -0.3 is 19.9 Å². The van der Waals surface area contributed by atoms with Crippen molar-refractivity contribution < 1.29 is 19.0 Å². The topological polar surface area (TPSA) is 50.7 Å². The fourth-order valence-electron chi connectivity index (χ4n) is 2.92. The van der Waals surface area contributed by atoms with Gasteiger partial charge >= 0.3 is 0 Å². The lowest BCUT2D eigenvalue weighted by molar-refractivity contribution is 0.174. The number of benzene rings is 3. The number of rotatable bonds is 9. The van der Waals surface area contributed by atoms with E-state index in [0.717, 1.165) is 15.6 Å². The molecule has 3 aromatic carbocycles. The van der Waals surface area contributed by atoms with E-state index in [0.29, 0.717) is 35.2 Å². The zero-order valence-corrected chi connectivity index (χ0v) is 18.7. The molecule has 0 amide bonds. The van der Waals surface area contributed by atoms with Crippen LogP contribution >= 0.6 is 27.5 Å². The number of hydrogen-bond acceptors (Lipinski definition) is 4. The lowest BCUT2D eigenvalue weighted by atomic mass is 10.1. The number of aliphatic hydroxyl groups is 1. The van der Waals surface area contributed by atoms with Crippen molar-refractivity contribution in [2.24, 2.45) is 0 Å². The molecule has 0 bridgehead atoms. The van der Waals surface area contributed by atoms with Crippen molar-refractivity contribution in [3.05, 3.63) is 92.7 Å². The molecule has 2 N–H and O–H groups in total. The van der Waals surface area contributed by atoms with Gasteiger partial charge in [-0.05, 0) is 35.4 Å². The lowest BCUT2D eigenvalue weighted by Gasteiger charge is -2.16. The van der Waals surface area contributed by atoms with Gasteiger partial charge in [-0.25, -0.2) is 4.39 Å². The van der Waals surface area contributed by atoms with Gasteiger partial charge in [0.05, 0.1) is 18.2 Å². The summed E-state index contributed by atoms with van der Waals surface area (Å²) in [4.78, 5) is 0. The third kappa shape index (κ3) is 5.95. The molecule has 0 aliphatic heterocycles. The minimum absolute atomic E-state index is 0.183. The molecule has 3 rings (SSSR count). The maximum absolute atomic E-state index is 13.2. The maximum Gasteiger partial charge on any atom is 0.162 e. The van der Waals surface area contributed by atoms with E-state index in [1.807, 2.05) is 42.5 Å². The largest absolute Gasteiger partial charge is 0.493 e. The zero-order chi connectivity index (χ0) is 21.5. The number of nitrogens with one attached hydrogen (secondary N) is 1. The number of ether oxygens (including phenoxy) is 2. The number of aliphatic hydroxyl groups excluding tert-OH is 1. The summed E-state index contributed by atoms with van der Waals surface area (Å²) in [6.45, 7) is 1.13. The molecule has 0 aliphatic carbocycles. The molecule has 30 heavy (non-hydrogen) atoms. The lowest BCUT2D eigenvalue weighted by Crippen LogP contribution is -2.21. The van der Waals surface area contributed by atoms with Crippen LogP contribution in [0.3, 0.4) is 0 Å². The highest BCUT2D eigenvalue weighted by Crippen LogP contribution is 2.34. The Morgan fingerprint density at radius 1 is 1.07 bits per heavy atom. The van der Waals surface area contributed by atoms with Crippen LogP contribution in [0.5, 0.6) is 11.5 Å². The second-order valence-corrected chi connectivity index (χ2v) is 7.94. The van der Waals surface area contributed by atoms with Gasteiger partial charge in [0.15, 0.2) is 11.5 Å². The second-order valence-electron chi connectivity index (χ2n) is 6.68. The van der Waals surface area contributed by atoms with Crippen molar-refractivity contribution in [3.8, 4) is 11.5 Å². The van der Waals surface area contributed by atoms with Crippen LogP contribution < -0.4 is 14.8 Å². The fourth-order valence-corrected chi connectivity index (χ4v) is 3.60. The normalized spacial score (nSPS) is 11.9. The highest BCUT2D eigenvalue weighted by atomic mass is 79.9. The van der Waals surface area contributed by atoms with Crippen LogP contribution in [0.15, 0.2) is 65.1 Å². The first kappa shape index (κ1) is 22.6. The monoisotopic (exact) mass is 493 g/mol. The van der Waals surface area contributed by atoms with Crippen LogP contribution in [0.2, 0.25) is 5.02 Å². The molecule has 0 radical (unpaired) electrons. The molecule has 0 aromatic heterocycles. The van der Waals surface area contributed by atoms with E-state index in [-0.39, 0.29) is 6.61 Å². The van der Waals surface area contributed by atoms with Crippen LogP contribution in [-0.2, 0) is 13.2 Å². The minimum Gasteiger partial charge on any atom is -0.493 e. The predicted molar refractivity (Wildman–Crippen MR) is 120 cm³/mol. The van der Waals surface area contributed by atoms with Crippen LogP contribution in [0.25, 0.3) is 0 Å². The van der Waals surface area contributed by atoms with Gasteiger partial charge in [0.1, 0.15) is 12.4 Å². The Hall–Kier alpha value is -2.12. The Balaban J connectivity index is 1.63. The van der Waals surface area contributed by atoms with Gasteiger partial charge in [-0.1, -0.05) is 63.9 Å². The summed E-state index contributed by atoms with van der Waals surface area (Å²) >= 11 is 9.62. The first-order valence-electron chi connectivity index (χ1n) is 9.34. The molecule has 1 unspecified atom stereocenters. The Morgan fingerprint density at radius 2 is 1.83 bits per heavy atom. The summed E-state index contributed by atoms with van der Waals surface area (Å²) in [6, 6.07) is 17.4. The van der Waals surface area contributed by atoms with E-state index in [1.54, 1.807) is 13.2 Å². The number of halogens is 3. The van der Waals surface area contributed by atoms with Gasteiger partial charge in [0.2, 0.25) is 0 Å². The van der Waals surface area contributed by atoms with E-state index < -0.39 is 11.9 Å². The van der Waals surface area contributed by atoms with Crippen molar-refractivity contribution in [3.63, 3.8) is 0 Å². The summed E-state index contributed by atoms with van der Waals surface area (Å²) in [6.07, 6.45) is -0.588. The maximum atomic E-state index is 13.2. The summed E-state index contributed by atoms with van der Waals surface area (Å²) in [5.74, 6) is 0.716. The SMILES string of the molecule is COc1cc(CNCC(O)c2ccccc2)c(Br)cc1OCc1ccc(F)cc1Cl. The highest BCUT2D eigenvalue weighted by Gasteiger charge is 2.13. The van der Waals surface area contributed by atoms with Gasteiger partial charge in [0.25, 0.3) is 0 Å². The second kappa shape index (κ2) is 10.8. The Labute approximate surface area is 188 Å². The molecule has 0 aliphatic rings. The van der Waals surface area contributed by atoms with Crippen molar-refractivity contribution in [2.75, 3.05) is 13.7 Å².